The monoisotopic (exact) mass is 488 g/mol. The Morgan fingerprint density at radius 3 is 2.54 bits per heavy atom. The van der Waals surface area contributed by atoms with Gasteiger partial charge in [0.15, 0.2) is 0 Å². The van der Waals surface area contributed by atoms with Gasteiger partial charge in [-0.05, 0) is 70.2 Å². The number of imide groups is 1. The first-order chi connectivity index (χ1) is 16.5. The first-order valence-electron chi connectivity index (χ1n) is 11.8. The lowest BCUT2D eigenvalue weighted by atomic mass is 10.0. The summed E-state index contributed by atoms with van der Waals surface area (Å²) >= 11 is 0. The first-order valence-corrected chi connectivity index (χ1v) is 11.8. The summed E-state index contributed by atoms with van der Waals surface area (Å²) < 4.78 is 5.44. The third kappa shape index (κ3) is 7.80. The van der Waals surface area contributed by atoms with E-state index in [1.54, 1.807) is 30.0 Å². The highest BCUT2D eigenvalue weighted by Crippen LogP contribution is 2.22. The average Bonchev–Trinajstić information content (AvgIpc) is 3.28. The summed E-state index contributed by atoms with van der Waals surface area (Å²) in [6.45, 7) is 9.18. The second-order valence-corrected chi connectivity index (χ2v) is 9.68. The molecule has 1 heterocycles. The van der Waals surface area contributed by atoms with Crippen molar-refractivity contribution in [2.45, 2.75) is 58.6 Å². The van der Waals surface area contributed by atoms with E-state index in [9.17, 15) is 24.0 Å². The Morgan fingerprint density at radius 1 is 1.26 bits per heavy atom. The van der Waals surface area contributed by atoms with Crippen LogP contribution in [0.15, 0.2) is 18.2 Å². The van der Waals surface area contributed by atoms with Crippen molar-refractivity contribution in [3.05, 3.63) is 29.3 Å². The van der Waals surface area contributed by atoms with E-state index in [4.69, 9.17) is 4.74 Å². The highest BCUT2D eigenvalue weighted by atomic mass is 16.6. The average molecular weight is 489 g/mol. The third-order valence-corrected chi connectivity index (χ3v) is 5.78. The van der Waals surface area contributed by atoms with Crippen molar-refractivity contribution in [2.24, 2.45) is 5.92 Å². The maximum atomic E-state index is 13.1. The molecule has 2 atom stereocenters. The van der Waals surface area contributed by atoms with Crippen LogP contribution >= 0.6 is 0 Å². The van der Waals surface area contributed by atoms with Crippen molar-refractivity contribution < 1.29 is 28.7 Å². The van der Waals surface area contributed by atoms with Crippen LogP contribution in [-0.2, 0) is 19.1 Å². The molecule has 1 aromatic carbocycles. The zero-order valence-corrected chi connectivity index (χ0v) is 21.1. The van der Waals surface area contributed by atoms with Gasteiger partial charge in [0.2, 0.25) is 12.3 Å². The number of hydrogen-bond donors (Lipinski definition) is 2. The second-order valence-electron chi connectivity index (χ2n) is 9.68. The summed E-state index contributed by atoms with van der Waals surface area (Å²) in [5.41, 5.74) is 1.20. The molecule has 2 N–H and O–H groups in total. The van der Waals surface area contributed by atoms with Crippen LogP contribution < -0.4 is 10.6 Å². The largest absolute Gasteiger partial charge is 0.444 e. The minimum atomic E-state index is -1.07. The van der Waals surface area contributed by atoms with E-state index in [1.807, 2.05) is 20.8 Å². The number of benzene rings is 1. The number of nitrogens with one attached hydrogen (secondary N) is 2. The number of anilines is 1. The Morgan fingerprint density at radius 2 is 1.97 bits per heavy atom. The van der Waals surface area contributed by atoms with Crippen LogP contribution in [-0.4, -0.2) is 78.7 Å². The maximum Gasteiger partial charge on any atom is 0.410 e. The molecule has 4 amide bonds. The van der Waals surface area contributed by atoms with E-state index >= 15 is 0 Å². The Balaban J connectivity index is 2.02. The molecule has 1 saturated heterocycles. The molecule has 1 aliphatic heterocycles. The van der Waals surface area contributed by atoms with E-state index in [0.717, 1.165) is 17.0 Å². The van der Waals surface area contributed by atoms with Gasteiger partial charge in [-0.15, -0.1) is 0 Å². The first kappa shape index (κ1) is 27.8. The summed E-state index contributed by atoms with van der Waals surface area (Å²) in [7, 11) is 1.41. The number of ether oxygens (including phenoxy) is 1. The van der Waals surface area contributed by atoms with Crippen molar-refractivity contribution in [1.29, 1.82) is 0 Å². The van der Waals surface area contributed by atoms with Gasteiger partial charge < -0.3 is 25.1 Å². The Kier molecular flexibility index (Phi) is 9.79. The maximum absolute atomic E-state index is 13.1. The second kappa shape index (κ2) is 12.3. The molecule has 0 saturated carbocycles. The van der Waals surface area contributed by atoms with Crippen molar-refractivity contribution in [3.63, 3.8) is 0 Å². The SMILES string of the molecule is CNC(=O)C(CCC=O)N(C=O)C(=O)c1ccc(NCC2CCN(C(=O)OC(C)(C)C)C2)cc1C. The number of carbonyl (C=O) groups is 5. The fourth-order valence-corrected chi connectivity index (χ4v) is 3.96. The molecule has 10 nitrogen and oxygen atoms in total. The van der Waals surface area contributed by atoms with Crippen LogP contribution in [0.25, 0.3) is 0 Å². The molecule has 35 heavy (non-hydrogen) atoms. The molecular weight excluding hydrogens is 452 g/mol. The van der Waals surface area contributed by atoms with Crippen LogP contribution in [0.2, 0.25) is 0 Å². The minimum absolute atomic E-state index is 0.0457. The van der Waals surface area contributed by atoms with Gasteiger partial charge in [-0.2, -0.15) is 0 Å². The molecular formula is C25H36N4O6. The molecule has 0 aliphatic carbocycles. The summed E-state index contributed by atoms with van der Waals surface area (Å²) in [4.78, 5) is 62.6. The van der Waals surface area contributed by atoms with E-state index in [-0.39, 0.29) is 24.9 Å². The van der Waals surface area contributed by atoms with Gasteiger partial charge in [0.25, 0.3) is 5.91 Å². The predicted octanol–water partition coefficient (Wildman–Crippen LogP) is 2.36. The van der Waals surface area contributed by atoms with Gasteiger partial charge in [0.05, 0.1) is 0 Å². The molecule has 0 spiro atoms. The summed E-state index contributed by atoms with van der Waals surface area (Å²) in [6, 6.07) is 4.09. The zero-order chi connectivity index (χ0) is 26.2. The van der Waals surface area contributed by atoms with Crippen LogP contribution in [0.5, 0.6) is 0 Å². The van der Waals surface area contributed by atoms with Gasteiger partial charge in [-0.1, -0.05) is 0 Å². The minimum Gasteiger partial charge on any atom is -0.444 e. The topological polar surface area (TPSA) is 125 Å². The third-order valence-electron chi connectivity index (χ3n) is 5.78. The van der Waals surface area contributed by atoms with Gasteiger partial charge in [0.1, 0.15) is 17.9 Å². The van der Waals surface area contributed by atoms with Crippen molar-refractivity contribution in [3.8, 4) is 0 Å². The predicted molar refractivity (Wildman–Crippen MR) is 131 cm³/mol. The Bertz CT molecular complexity index is 942. The number of rotatable bonds is 10. The highest BCUT2D eigenvalue weighted by Gasteiger charge is 2.31. The van der Waals surface area contributed by atoms with Crippen molar-refractivity contribution >= 4 is 36.3 Å². The molecule has 0 aromatic heterocycles. The van der Waals surface area contributed by atoms with Crippen molar-refractivity contribution in [2.75, 3.05) is 32.0 Å². The van der Waals surface area contributed by atoms with E-state index in [1.165, 1.54) is 7.05 Å². The standard InChI is InChI=1S/C25H36N4O6/c1-17-13-19(27-14-18-10-11-28(15-18)24(34)35-25(2,3)4)8-9-20(17)23(33)29(16-31)21(7-6-12-30)22(32)26-5/h8-9,12-13,16,18,21,27H,6-7,10-11,14-15H2,1-5H3,(H,26,32). The van der Waals surface area contributed by atoms with Crippen LogP contribution in [0, 0.1) is 12.8 Å². The lowest BCUT2D eigenvalue weighted by Crippen LogP contribution is -2.48. The van der Waals surface area contributed by atoms with Crippen molar-refractivity contribution in [1.82, 2.24) is 15.1 Å². The normalized spacial score (nSPS) is 16.3. The fourth-order valence-electron chi connectivity index (χ4n) is 3.96. The number of aldehydes is 1. The lowest BCUT2D eigenvalue weighted by Gasteiger charge is -2.25. The lowest BCUT2D eigenvalue weighted by molar-refractivity contribution is -0.131. The number of nitrogens with zero attached hydrogens (tertiary/aromatic N) is 2. The quantitative estimate of drug-likeness (QED) is 0.484. The van der Waals surface area contributed by atoms with Crippen LogP contribution in [0.1, 0.15) is 56.0 Å². The van der Waals surface area contributed by atoms with Crippen LogP contribution in [0.3, 0.4) is 0 Å². The smallest absolute Gasteiger partial charge is 0.410 e. The number of amides is 4. The summed E-state index contributed by atoms with van der Waals surface area (Å²) in [6.07, 6.45) is 1.62. The number of likely N-dealkylation sites (tertiary alicyclic amines) is 1. The molecule has 0 radical (unpaired) electrons. The zero-order valence-electron chi connectivity index (χ0n) is 21.1. The highest BCUT2D eigenvalue weighted by molar-refractivity contribution is 6.04. The molecule has 1 aliphatic rings. The molecule has 192 valence electrons. The molecule has 2 rings (SSSR count). The summed E-state index contributed by atoms with van der Waals surface area (Å²) in [5, 5.41) is 5.78. The van der Waals surface area contributed by atoms with Crippen LogP contribution in [0.4, 0.5) is 10.5 Å². The van der Waals surface area contributed by atoms with Gasteiger partial charge >= 0.3 is 6.09 Å². The number of aryl methyl sites for hydroxylation is 1. The van der Waals surface area contributed by atoms with E-state index in [2.05, 4.69) is 10.6 Å². The molecule has 1 aromatic rings. The van der Waals surface area contributed by atoms with Gasteiger partial charge in [-0.3, -0.25) is 19.3 Å². The molecule has 1 fully saturated rings. The molecule has 2 unspecified atom stereocenters. The van der Waals surface area contributed by atoms with E-state index < -0.39 is 23.5 Å². The van der Waals surface area contributed by atoms with Gasteiger partial charge in [-0.25, -0.2) is 4.79 Å². The van der Waals surface area contributed by atoms with Gasteiger partial charge in [0, 0.05) is 44.4 Å². The molecule has 10 heteroatoms. The Hall–Kier alpha value is -3.43. The fraction of sp³-hybridized carbons (Fsp3) is 0.560. The van der Waals surface area contributed by atoms with E-state index in [0.29, 0.717) is 43.5 Å². The molecule has 0 bridgehead atoms. The Labute approximate surface area is 206 Å². The number of carbonyl (C=O) groups excluding carboxylic acids is 5. The summed E-state index contributed by atoms with van der Waals surface area (Å²) in [5.74, 6) is -0.853. The number of hydrogen-bond acceptors (Lipinski definition) is 7. The number of likely N-dealkylation sites (N-methyl/N-ethyl adjacent to an activating group) is 1.